The molecule has 3 aliphatic rings. The lowest BCUT2D eigenvalue weighted by Gasteiger charge is -2.21. The Morgan fingerprint density at radius 1 is 0.852 bits per heavy atom. The predicted octanol–water partition coefficient (Wildman–Crippen LogP) is 2.36. The molecular weight excluding hydrogens is 370 g/mol. The maximum absolute atomic E-state index is 13.1. The average Bonchev–Trinajstić information content (AvgIpc) is 3.36. The third kappa shape index (κ3) is 2.89. The molecule has 3 heterocycles. The normalized spacial score (nSPS) is 21.4. The van der Waals surface area contributed by atoms with Crippen molar-refractivity contribution in [2.24, 2.45) is 0 Å². The molecule has 0 bridgehead atoms. The molecule has 0 N–H and O–H groups in total. The molecule has 2 aromatic rings. The number of nitrogens with zero attached hydrogens (tertiary/aromatic N) is 1. The molecule has 0 amide bonds. The summed E-state index contributed by atoms with van der Waals surface area (Å²) in [7, 11) is -3.58. The minimum Gasteiger partial charge on any atom is -0.486 e. The van der Waals surface area contributed by atoms with Crippen LogP contribution < -0.4 is 18.9 Å². The molecule has 27 heavy (non-hydrogen) atoms. The van der Waals surface area contributed by atoms with E-state index in [1.807, 2.05) is 18.2 Å². The Bertz CT molecular complexity index is 990. The van der Waals surface area contributed by atoms with E-state index in [0.29, 0.717) is 37.8 Å². The van der Waals surface area contributed by atoms with Crippen LogP contribution in [0.5, 0.6) is 23.0 Å². The molecule has 0 aliphatic carbocycles. The third-order valence-electron chi connectivity index (χ3n) is 5.17. The summed E-state index contributed by atoms with van der Waals surface area (Å²) in [5.41, 5.74) is 1.07. The van der Waals surface area contributed by atoms with E-state index >= 15 is 0 Å². The second kappa shape index (κ2) is 6.31. The first-order valence-corrected chi connectivity index (χ1v) is 10.3. The quantitative estimate of drug-likeness (QED) is 0.802. The van der Waals surface area contributed by atoms with Gasteiger partial charge in [0.15, 0.2) is 23.0 Å². The van der Waals surface area contributed by atoms with Gasteiger partial charge >= 0.3 is 0 Å². The fourth-order valence-corrected chi connectivity index (χ4v) is 5.23. The van der Waals surface area contributed by atoms with Gasteiger partial charge in [-0.2, -0.15) is 4.31 Å². The van der Waals surface area contributed by atoms with Crippen molar-refractivity contribution in [3.8, 4) is 23.0 Å². The van der Waals surface area contributed by atoms with Gasteiger partial charge in [0.25, 0.3) is 0 Å². The van der Waals surface area contributed by atoms with Crippen LogP contribution >= 0.6 is 0 Å². The van der Waals surface area contributed by atoms with E-state index in [4.69, 9.17) is 18.9 Å². The topological polar surface area (TPSA) is 74.3 Å². The standard InChI is InChI=1S/C19H19NO6S/c21-27(22,15-2-4-16-19(10-15)24-8-7-23-16)20-6-5-14(11-20)13-1-3-17-18(9-13)26-12-25-17/h1-4,9-10,14H,5-8,11-12H2. The molecule has 3 aliphatic heterocycles. The summed E-state index contributed by atoms with van der Waals surface area (Å²) in [6.07, 6.45) is 0.767. The number of ether oxygens (including phenoxy) is 4. The van der Waals surface area contributed by atoms with Crippen LogP contribution in [0.15, 0.2) is 41.3 Å². The van der Waals surface area contributed by atoms with Crippen molar-refractivity contribution in [2.75, 3.05) is 33.1 Å². The van der Waals surface area contributed by atoms with Crippen LogP contribution in [0.4, 0.5) is 0 Å². The summed E-state index contributed by atoms with van der Waals surface area (Å²) in [6, 6.07) is 10.6. The Morgan fingerprint density at radius 3 is 2.44 bits per heavy atom. The van der Waals surface area contributed by atoms with Crippen LogP contribution in [0.1, 0.15) is 17.9 Å². The van der Waals surface area contributed by atoms with Gasteiger partial charge in [0.05, 0.1) is 4.90 Å². The number of hydrogen-bond donors (Lipinski definition) is 0. The predicted molar refractivity (Wildman–Crippen MR) is 96.1 cm³/mol. The molecule has 0 saturated carbocycles. The zero-order valence-corrected chi connectivity index (χ0v) is 15.4. The van der Waals surface area contributed by atoms with Crippen molar-refractivity contribution < 1.29 is 27.4 Å². The molecule has 0 spiro atoms. The smallest absolute Gasteiger partial charge is 0.243 e. The summed E-state index contributed by atoms with van der Waals surface area (Å²) in [5, 5.41) is 0. The van der Waals surface area contributed by atoms with E-state index in [9.17, 15) is 8.42 Å². The Labute approximate surface area is 157 Å². The van der Waals surface area contributed by atoms with Crippen molar-refractivity contribution in [1.29, 1.82) is 0 Å². The Morgan fingerprint density at radius 2 is 1.56 bits per heavy atom. The van der Waals surface area contributed by atoms with Gasteiger partial charge in [0, 0.05) is 19.2 Å². The molecule has 142 valence electrons. The fourth-order valence-electron chi connectivity index (χ4n) is 3.72. The maximum atomic E-state index is 13.1. The number of fused-ring (bicyclic) bond motifs is 2. The van der Waals surface area contributed by atoms with E-state index in [1.54, 1.807) is 18.2 Å². The number of hydrogen-bond acceptors (Lipinski definition) is 6. The highest BCUT2D eigenvalue weighted by Gasteiger charge is 2.34. The first-order chi connectivity index (χ1) is 13.1. The Balaban J connectivity index is 1.37. The van der Waals surface area contributed by atoms with Gasteiger partial charge in [0.2, 0.25) is 16.8 Å². The number of benzene rings is 2. The molecule has 0 aromatic heterocycles. The number of sulfonamides is 1. The average molecular weight is 389 g/mol. The molecule has 7 nitrogen and oxygen atoms in total. The van der Waals surface area contributed by atoms with E-state index in [1.165, 1.54) is 4.31 Å². The first-order valence-electron chi connectivity index (χ1n) is 8.90. The van der Waals surface area contributed by atoms with Crippen LogP contribution in [-0.2, 0) is 10.0 Å². The van der Waals surface area contributed by atoms with Gasteiger partial charge in [-0.05, 0) is 42.2 Å². The fraction of sp³-hybridized carbons (Fsp3) is 0.368. The molecule has 1 atom stereocenters. The molecule has 1 unspecified atom stereocenters. The lowest BCUT2D eigenvalue weighted by Crippen LogP contribution is -2.29. The van der Waals surface area contributed by atoms with Gasteiger partial charge in [-0.1, -0.05) is 6.07 Å². The summed E-state index contributed by atoms with van der Waals surface area (Å²) in [6.45, 7) is 2.05. The number of rotatable bonds is 3. The van der Waals surface area contributed by atoms with Crippen molar-refractivity contribution in [1.82, 2.24) is 4.31 Å². The van der Waals surface area contributed by atoms with Gasteiger partial charge in [0.1, 0.15) is 13.2 Å². The minimum atomic E-state index is -3.58. The Kier molecular flexibility index (Phi) is 3.91. The second-order valence-corrected chi connectivity index (χ2v) is 8.70. The van der Waals surface area contributed by atoms with E-state index < -0.39 is 10.0 Å². The van der Waals surface area contributed by atoms with Crippen molar-refractivity contribution in [3.05, 3.63) is 42.0 Å². The summed E-state index contributed by atoms with van der Waals surface area (Å²) < 4.78 is 49.4. The molecule has 1 saturated heterocycles. The lowest BCUT2D eigenvalue weighted by atomic mass is 9.98. The minimum absolute atomic E-state index is 0.131. The van der Waals surface area contributed by atoms with Gasteiger partial charge in [-0.25, -0.2) is 8.42 Å². The second-order valence-electron chi connectivity index (χ2n) is 6.77. The Hall–Kier alpha value is -2.45. The van der Waals surface area contributed by atoms with E-state index in [2.05, 4.69) is 0 Å². The van der Waals surface area contributed by atoms with E-state index in [-0.39, 0.29) is 17.6 Å². The molecule has 8 heteroatoms. The summed E-state index contributed by atoms with van der Waals surface area (Å²) in [4.78, 5) is 0.234. The van der Waals surface area contributed by atoms with Gasteiger partial charge < -0.3 is 18.9 Å². The molecule has 1 fully saturated rings. The van der Waals surface area contributed by atoms with Gasteiger partial charge in [-0.15, -0.1) is 0 Å². The lowest BCUT2D eigenvalue weighted by molar-refractivity contribution is 0.171. The largest absolute Gasteiger partial charge is 0.486 e. The van der Waals surface area contributed by atoms with Crippen LogP contribution in [-0.4, -0.2) is 45.8 Å². The summed E-state index contributed by atoms with van der Waals surface area (Å²) in [5.74, 6) is 2.65. The van der Waals surface area contributed by atoms with Crippen molar-refractivity contribution >= 4 is 10.0 Å². The zero-order valence-electron chi connectivity index (χ0n) is 14.6. The van der Waals surface area contributed by atoms with E-state index in [0.717, 1.165) is 23.5 Å². The highest BCUT2D eigenvalue weighted by Crippen LogP contribution is 2.39. The molecule has 0 radical (unpaired) electrons. The molecule has 2 aromatic carbocycles. The van der Waals surface area contributed by atoms with Crippen LogP contribution in [0.25, 0.3) is 0 Å². The van der Waals surface area contributed by atoms with Crippen LogP contribution in [0, 0.1) is 0 Å². The van der Waals surface area contributed by atoms with Crippen LogP contribution in [0.3, 0.4) is 0 Å². The van der Waals surface area contributed by atoms with Crippen LogP contribution in [0.2, 0.25) is 0 Å². The monoisotopic (exact) mass is 389 g/mol. The van der Waals surface area contributed by atoms with Crippen molar-refractivity contribution in [2.45, 2.75) is 17.2 Å². The van der Waals surface area contributed by atoms with Gasteiger partial charge in [-0.3, -0.25) is 0 Å². The zero-order chi connectivity index (χ0) is 18.4. The maximum Gasteiger partial charge on any atom is 0.243 e. The SMILES string of the molecule is O=S(=O)(c1ccc2c(c1)OCCO2)N1CCC(c2ccc3c(c2)OCO3)C1. The highest BCUT2D eigenvalue weighted by atomic mass is 32.2. The van der Waals surface area contributed by atoms with Crippen molar-refractivity contribution in [3.63, 3.8) is 0 Å². The molecular formula is C19H19NO6S. The molecule has 5 rings (SSSR count). The highest BCUT2D eigenvalue weighted by molar-refractivity contribution is 7.89. The first kappa shape index (κ1) is 16.7. The third-order valence-corrected chi connectivity index (χ3v) is 7.03. The summed E-state index contributed by atoms with van der Waals surface area (Å²) >= 11 is 0.